The Morgan fingerprint density at radius 2 is 2.32 bits per heavy atom. The number of nitrogens with zero attached hydrogens (tertiary/aromatic N) is 1. The number of aliphatic imine (C=N–C) groups is 1. The highest BCUT2D eigenvalue weighted by Crippen LogP contribution is 2.11. The molecule has 0 bridgehead atoms. The Morgan fingerprint density at radius 3 is 3.05 bits per heavy atom. The molecule has 22 heavy (non-hydrogen) atoms. The maximum Gasteiger partial charge on any atom is 0.190 e. The van der Waals surface area contributed by atoms with E-state index in [0.717, 1.165) is 70.3 Å². The monoisotopic (exact) mass is 309 g/mol. The van der Waals surface area contributed by atoms with Gasteiger partial charge in [0, 0.05) is 39.8 Å². The summed E-state index contributed by atoms with van der Waals surface area (Å²) in [5.41, 5.74) is 0. The van der Waals surface area contributed by atoms with Crippen molar-refractivity contribution >= 4 is 5.96 Å². The fourth-order valence-corrected chi connectivity index (χ4v) is 2.35. The number of hydrogen-bond donors (Lipinski definition) is 2. The van der Waals surface area contributed by atoms with Gasteiger partial charge in [-0.3, -0.25) is 4.99 Å². The molecule has 6 heteroatoms. The number of hydrogen-bond acceptors (Lipinski definition) is 4. The van der Waals surface area contributed by atoms with Gasteiger partial charge in [0.15, 0.2) is 5.96 Å². The van der Waals surface area contributed by atoms with Crippen LogP contribution in [-0.4, -0.2) is 52.0 Å². The van der Waals surface area contributed by atoms with Gasteiger partial charge < -0.3 is 24.5 Å². The van der Waals surface area contributed by atoms with Crippen molar-refractivity contribution in [3.05, 3.63) is 24.2 Å². The summed E-state index contributed by atoms with van der Waals surface area (Å²) >= 11 is 0. The fourth-order valence-electron chi connectivity index (χ4n) is 2.35. The summed E-state index contributed by atoms with van der Waals surface area (Å²) in [6.07, 6.45) is 6.09. The van der Waals surface area contributed by atoms with Gasteiger partial charge >= 0.3 is 0 Å². The highest BCUT2D eigenvalue weighted by Gasteiger charge is 2.14. The SMILES string of the molecule is CN=C(NCCCOCC1CCCO1)NCCc1ccco1. The summed E-state index contributed by atoms with van der Waals surface area (Å²) in [6, 6.07) is 3.88. The fraction of sp³-hybridized carbons (Fsp3) is 0.688. The van der Waals surface area contributed by atoms with Crippen LogP contribution in [0, 0.1) is 0 Å². The van der Waals surface area contributed by atoms with Crippen molar-refractivity contribution in [2.45, 2.75) is 31.8 Å². The molecule has 0 saturated carbocycles. The van der Waals surface area contributed by atoms with Gasteiger partial charge in [-0.1, -0.05) is 0 Å². The van der Waals surface area contributed by atoms with E-state index in [1.165, 1.54) is 0 Å². The van der Waals surface area contributed by atoms with E-state index in [4.69, 9.17) is 13.9 Å². The van der Waals surface area contributed by atoms with Gasteiger partial charge in [-0.05, 0) is 31.4 Å². The van der Waals surface area contributed by atoms with E-state index in [1.54, 1.807) is 13.3 Å². The van der Waals surface area contributed by atoms with Crippen LogP contribution in [-0.2, 0) is 15.9 Å². The Balaban J connectivity index is 1.45. The van der Waals surface area contributed by atoms with E-state index in [1.807, 2.05) is 12.1 Å². The second kappa shape index (κ2) is 10.2. The molecule has 0 spiro atoms. The highest BCUT2D eigenvalue weighted by molar-refractivity contribution is 5.79. The number of nitrogens with one attached hydrogen (secondary N) is 2. The third kappa shape index (κ3) is 6.49. The zero-order chi connectivity index (χ0) is 15.5. The summed E-state index contributed by atoms with van der Waals surface area (Å²) in [4.78, 5) is 4.19. The molecule has 1 saturated heterocycles. The van der Waals surface area contributed by atoms with Crippen LogP contribution in [0.15, 0.2) is 27.8 Å². The van der Waals surface area contributed by atoms with E-state index in [2.05, 4.69) is 15.6 Å². The molecule has 1 aliphatic heterocycles. The Hall–Kier alpha value is -1.53. The smallest absolute Gasteiger partial charge is 0.190 e. The number of ether oxygens (including phenoxy) is 2. The predicted octanol–water partition coefficient (Wildman–Crippen LogP) is 1.57. The Kier molecular flexibility index (Phi) is 7.83. The molecular weight excluding hydrogens is 282 g/mol. The van der Waals surface area contributed by atoms with Crippen LogP contribution in [0.3, 0.4) is 0 Å². The van der Waals surface area contributed by atoms with E-state index in [0.29, 0.717) is 6.10 Å². The van der Waals surface area contributed by atoms with Crippen molar-refractivity contribution in [3.63, 3.8) is 0 Å². The Bertz CT molecular complexity index is 414. The number of guanidine groups is 1. The lowest BCUT2D eigenvalue weighted by atomic mass is 10.2. The van der Waals surface area contributed by atoms with Crippen molar-refractivity contribution in [2.24, 2.45) is 4.99 Å². The zero-order valence-corrected chi connectivity index (χ0v) is 13.3. The molecule has 6 nitrogen and oxygen atoms in total. The van der Waals surface area contributed by atoms with Crippen LogP contribution in [0.25, 0.3) is 0 Å². The van der Waals surface area contributed by atoms with Crippen LogP contribution in [0.1, 0.15) is 25.0 Å². The minimum absolute atomic E-state index is 0.309. The molecule has 1 atom stereocenters. The Morgan fingerprint density at radius 1 is 1.41 bits per heavy atom. The lowest BCUT2D eigenvalue weighted by Gasteiger charge is -2.12. The normalized spacial score (nSPS) is 18.6. The molecule has 2 heterocycles. The molecule has 1 aromatic rings. The number of rotatable bonds is 9. The second-order valence-electron chi connectivity index (χ2n) is 5.32. The first-order valence-electron chi connectivity index (χ1n) is 8.04. The van der Waals surface area contributed by atoms with E-state index >= 15 is 0 Å². The summed E-state index contributed by atoms with van der Waals surface area (Å²) in [7, 11) is 1.77. The molecule has 0 aliphatic carbocycles. The van der Waals surface area contributed by atoms with Gasteiger partial charge in [0.25, 0.3) is 0 Å². The first-order chi connectivity index (χ1) is 10.9. The molecule has 0 amide bonds. The first-order valence-corrected chi connectivity index (χ1v) is 8.04. The zero-order valence-electron chi connectivity index (χ0n) is 13.3. The van der Waals surface area contributed by atoms with Gasteiger partial charge in [-0.15, -0.1) is 0 Å². The van der Waals surface area contributed by atoms with E-state index in [-0.39, 0.29) is 0 Å². The lowest BCUT2D eigenvalue weighted by molar-refractivity contribution is 0.0168. The first kappa shape index (κ1) is 16.8. The molecular formula is C16H27N3O3. The molecule has 1 aliphatic rings. The molecule has 1 unspecified atom stereocenters. The minimum atomic E-state index is 0.309. The quantitative estimate of drug-likeness (QED) is 0.412. The molecule has 1 aromatic heterocycles. The second-order valence-corrected chi connectivity index (χ2v) is 5.32. The van der Waals surface area contributed by atoms with Crippen LogP contribution >= 0.6 is 0 Å². The average molecular weight is 309 g/mol. The van der Waals surface area contributed by atoms with Gasteiger partial charge in [0.2, 0.25) is 0 Å². The molecule has 2 N–H and O–H groups in total. The summed E-state index contributed by atoms with van der Waals surface area (Å²) in [6.45, 7) is 3.98. The van der Waals surface area contributed by atoms with Crippen LogP contribution in [0.5, 0.6) is 0 Å². The Labute approximate surface area is 132 Å². The van der Waals surface area contributed by atoms with Crippen molar-refractivity contribution < 1.29 is 13.9 Å². The lowest BCUT2D eigenvalue weighted by Crippen LogP contribution is -2.39. The van der Waals surface area contributed by atoms with E-state index < -0.39 is 0 Å². The maximum atomic E-state index is 5.63. The van der Waals surface area contributed by atoms with Crippen molar-refractivity contribution in [2.75, 3.05) is 40.0 Å². The maximum absolute atomic E-state index is 5.63. The summed E-state index contributed by atoms with van der Waals surface area (Å²) in [5, 5.41) is 6.54. The topological polar surface area (TPSA) is 68.0 Å². The van der Waals surface area contributed by atoms with E-state index in [9.17, 15) is 0 Å². The van der Waals surface area contributed by atoms with Crippen LogP contribution in [0.2, 0.25) is 0 Å². The molecule has 1 fully saturated rings. The van der Waals surface area contributed by atoms with Gasteiger partial charge in [0.05, 0.1) is 19.0 Å². The largest absolute Gasteiger partial charge is 0.469 e. The standard InChI is InChI=1S/C16H27N3O3/c1-17-16(19-9-7-14-5-2-11-21-14)18-8-4-10-20-13-15-6-3-12-22-15/h2,5,11,15H,3-4,6-10,12-13H2,1H3,(H2,17,18,19). The van der Waals surface area contributed by atoms with Gasteiger partial charge in [-0.25, -0.2) is 0 Å². The third-order valence-electron chi connectivity index (χ3n) is 3.55. The van der Waals surface area contributed by atoms with Gasteiger partial charge in [0.1, 0.15) is 5.76 Å². The van der Waals surface area contributed by atoms with Crippen molar-refractivity contribution in [1.29, 1.82) is 0 Å². The average Bonchev–Trinajstić information content (AvgIpc) is 3.22. The van der Waals surface area contributed by atoms with Crippen LogP contribution < -0.4 is 10.6 Å². The van der Waals surface area contributed by atoms with Crippen LogP contribution in [0.4, 0.5) is 0 Å². The highest BCUT2D eigenvalue weighted by atomic mass is 16.5. The van der Waals surface area contributed by atoms with Crippen molar-refractivity contribution in [1.82, 2.24) is 10.6 Å². The molecule has 0 aromatic carbocycles. The summed E-state index contributed by atoms with van der Waals surface area (Å²) < 4.78 is 16.4. The van der Waals surface area contributed by atoms with Gasteiger partial charge in [-0.2, -0.15) is 0 Å². The molecule has 0 radical (unpaired) electrons. The molecule has 2 rings (SSSR count). The minimum Gasteiger partial charge on any atom is -0.469 e. The predicted molar refractivity (Wildman–Crippen MR) is 86.2 cm³/mol. The molecule has 124 valence electrons. The third-order valence-corrected chi connectivity index (χ3v) is 3.55. The summed E-state index contributed by atoms with van der Waals surface area (Å²) in [5.74, 6) is 1.79. The number of furan rings is 1. The van der Waals surface area contributed by atoms with Crippen molar-refractivity contribution in [3.8, 4) is 0 Å².